The quantitative estimate of drug-likeness (QED) is 0.167. The summed E-state index contributed by atoms with van der Waals surface area (Å²) in [6.45, 7) is 20.0. The number of esters is 3. The van der Waals surface area contributed by atoms with Crippen molar-refractivity contribution in [3.05, 3.63) is 69.8 Å². The lowest BCUT2D eigenvalue weighted by Gasteiger charge is -2.41. The van der Waals surface area contributed by atoms with E-state index in [1.165, 1.54) is 20.8 Å². The third-order valence-corrected chi connectivity index (χ3v) is 10.9. The number of nitrogens with zero attached hydrogens (tertiary/aromatic N) is 1. The molecule has 0 spiro atoms. The molecule has 2 saturated heterocycles. The van der Waals surface area contributed by atoms with E-state index in [0.717, 1.165) is 47.3 Å². The minimum absolute atomic E-state index is 0.0765. The third kappa shape index (κ3) is 11.9. The molecule has 318 valence electrons. The van der Waals surface area contributed by atoms with Gasteiger partial charge in [-0.3, -0.25) is 24.0 Å². The number of amides is 2. The fraction of sp³-hybridized carbons (Fsp3) is 0.578. The molecule has 2 aromatic rings. The number of ether oxygens (including phenoxy) is 5. The highest BCUT2D eigenvalue weighted by Gasteiger charge is 2.45. The van der Waals surface area contributed by atoms with Crippen molar-refractivity contribution in [1.82, 2.24) is 15.5 Å². The minimum Gasteiger partial charge on any atom is -0.496 e. The highest BCUT2D eigenvalue weighted by Crippen LogP contribution is 2.42. The fourth-order valence-corrected chi connectivity index (χ4v) is 7.41. The molecule has 13 nitrogen and oxygen atoms in total. The van der Waals surface area contributed by atoms with Gasteiger partial charge in [-0.05, 0) is 93.3 Å². The lowest BCUT2D eigenvalue weighted by Crippen LogP contribution is -2.60. The lowest BCUT2D eigenvalue weighted by molar-refractivity contribution is -0.214. The molecule has 2 aliphatic rings. The van der Waals surface area contributed by atoms with Crippen LogP contribution in [0.4, 0.5) is 0 Å². The Hall–Kier alpha value is -4.75. The molecular formula is C45H63N3O10. The van der Waals surface area contributed by atoms with Crippen molar-refractivity contribution in [2.24, 2.45) is 5.41 Å². The first-order valence-electron chi connectivity index (χ1n) is 20.2. The van der Waals surface area contributed by atoms with Gasteiger partial charge >= 0.3 is 17.9 Å². The van der Waals surface area contributed by atoms with Crippen molar-refractivity contribution in [2.45, 2.75) is 124 Å². The molecule has 2 amide bonds. The van der Waals surface area contributed by atoms with Crippen molar-refractivity contribution < 1.29 is 47.7 Å². The van der Waals surface area contributed by atoms with Crippen LogP contribution in [0.15, 0.2) is 36.4 Å². The van der Waals surface area contributed by atoms with Gasteiger partial charge in [-0.15, -0.1) is 0 Å². The summed E-state index contributed by atoms with van der Waals surface area (Å²) in [5.74, 6) is -1.23. The van der Waals surface area contributed by atoms with Crippen molar-refractivity contribution >= 4 is 35.8 Å². The van der Waals surface area contributed by atoms with Crippen LogP contribution < -0.4 is 15.4 Å². The Balaban J connectivity index is 1.65. The van der Waals surface area contributed by atoms with Gasteiger partial charge in [-0.1, -0.05) is 44.2 Å². The molecule has 0 aliphatic carbocycles. The first-order valence-corrected chi connectivity index (χ1v) is 20.2. The number of rotatable bonds is 15. The number of benzene rings is 2. The Morgan fingerprint density at radius 3 is 2.22 bits per heavy atom. The molecule has 0 saturated carbocycles. The van der Waals surface area contributed by atoms with Crippen LogP contribution in [-0.2, 0) is 49.3 Å². The molecule has 5 atom stereocenters. The summed E-state index contributed by atoms with van der Waals surface area (Å²) in [5, 5.41) is 6.23. The minimum atomic E-state index is -1.05. The van der Waals surface area contributed by atoms with E-state index in [-0.39, 0.29) is 30.8 Å². The maximum atomic E-state index is 13.5. The molecule has 1 unspecified atom stereocenters. The van der Waals surface area contributed by atoms with Gasteiger partial charge in [0.15, 0.2) is 6.10 Å². The maximum Gasteiger partial charge on any atom is 0.303 e. The number of nitrogens with one attached hydrogen (secondary N) is 2. The van der Waals surface area contributed by atoms with Crippen LogP contribution in [0.1, 0.15) is 121 Å². The second-order valence-electron chi connectivity index (χ2n) is 16.6. The van der Waals surface area contributed by atoms with Crippen molar-refractivity contribution in [1.29, 1.82) is 0 Å². The number of carbonyl (C=O) groups is 5. The van der Waals surface area contributed by atoms with Crippen LogP contribution in [0.2, 0.25) is 0 Å². The van der Waals surface area contributed by atoms with E-state index in [1.54, 1.807) is 25.9 Å². The number of methoxy groups -OCH3 is 1. The first kappa shape index (κ1) is 45.9. The van der Waals surface area contributed by atoms with Crippen LogP contribution >= 0.6 is 0 Å². The standard InChI is InChI=1S/C45H63N3O10/c1-12-27(2)36-25-38(54-11)37(40-41(57-31(6)51)39(56-30(5)50)24-35(58-40)26-55-29(4)49)23-34(36)22-33-14-13-32(21-28(33)3)15-16-44(7,8)42(52)47-45(9,10)43(53)48-19-17-46-18-20-48/h13-16,21,23,25,27,35,39-41,46H,12,17-20,22,24,26H2,1-11H3,(H,47,52)/b16-15+/t27?,35-,39-,40-,41+/m0/s1. The summed E-state index contributed by atoms with van der Waals surface area (Å²) in [5.41, 5.74) is 3.82. The predicted octanol–water partition coefficient (Wildman–Crippen LogP) is 5.73. The number of aryl methyl sites for hydroxylation is 1. The zero-order valence-corrected chi connectivity index (χ0v) is 36.1. The normalized spacial score (nSPS) is 20.6. The SMILES string of the molecule is CCC(C)c1cc(OC)c([C@@H]2O[C@H](COC(C)=O)C[C@H](OC(C)=O)[C@H]2OC(C)=O)cc1Cc1ccc(/C=C/C(C)(C)C(=O)NC(C)(C)C(=O)N2CCNCC2)cc1C. The molecule has 58 heavy (non-hydrogen) atoms. The second-order valence-corrected chi connectivity index (χ2v) is 16.6. The van der Waals surface area contributed by atoms with Gasteiger partial charge in [0.2, 0.25) is 11.8 Å². The summed E-state index contributed by atoms with van der Waals surface area (Å²) in [4.78, 5) is 64.9. The Labute approximate surface area is 343 Å². The average Bonchev–Trinajstić information content (AvgIpc) is 3.16. The highest BCUT2D eigenvalue weighted by atomic mass is 16.6. The molecule has 13 heteroatoms. The Morgan fingerprint density at radius 2 is 1.64 bits per heavy atom. The Kier molecular flexibility index (Phi) is 15.7. The summed E-state index contributed by atoms with van der Waals surface area (Å²) in [6, 6.07) is 10.2. The van der Waals surface area contributed by atoms with Crippen LogP contribution in [-0.4, -0.2) is 98.4 Å². The summed E-state index contributed by atoms with van der Waals surface area (Å²) >= 11 is 0. The van der Waals surface area contributed by atoms with Crippen molar-refractivity contribution in [3.8, 4) is 5.75 Å². The Morgan fingerprint density at radius 1 is 0.966 bits per heavy atom. The average molecular weight is 806 g/mol. The van der Waals surface area contributed by atoms with Gasteiger partial charge < -0.3 is 39.2 Å². The molecule has 0 aromatic heterocycles. The van der Waals surface area contributed by atoms with Crippen LogP contribution in [0, 0.1) is 12.3 Å². The van der Waals surface area contributed by atoms with Crippen molar-refractivity contribution in [3.63, 3.8) is 0 Å². The van der Waals surface area contributed by atoms with Crippen LogP contribution in [0.25, 0.3) is 6.08 Å². The first-order chi connectivity index (χ1) is 27.3. The van der Waals surface area contributed by atoms with E-state index < -0.39 is 53.3 Å². The van der Waals surface area contributed by atoms with Gasteiger partial charge in [0.25, 0.3) is 0 Å². The summed E-state index contributed by atoms with van der Waals surface area (Å²) in [6.07, 6.45) is 1.94. The molecule has 0 bridgehead atoms. The lowest BCUT2D eigenvalue weighted by atomic mass is 9.84. The number of hydrogen-bond donors (Lipinski definition) is 2. The fourth-order valence-electron chi connectivity index (χ4n) is 7.41. The number of carbonyl (C=O) groups excluding carboxylic acids is 5. The number of piperazine rings is 1. The monoisotopic (exact) mass is 805 g/mol. The van der Waals surface area contributed by atoms with Gasteiger partial charge in [-0.25, -0.2) is 0 Å². The molecule has 2 heterocycles. The summed E-state index contributed by atoms with van der Waals surface area (Å²) in [7, 11) is 1.57. The van der Waals surface area contributed by atoms with E-state index in [1.807, 2.05) is 51.1 Å². The van der Waals surface area contributed by atoms with E-state index in [0.29, 0.717) is 30.8 Å². The van der Waals surface area contributed by atoms with Gasteiger partial charge in [0.05, 0.1) is 18.6 Å². The molecule has 2 N–H and O–H groups in total. The van der Waals surface area contributed by atoms with E-state index >= 15 is 0 Å². The third-order valence-electron chi connectivity index (χ3n) is 10.9. The van der Waals surface area contributed by atoms with Gasteiger partial charge in [-0.2, -0.15) is 0 Å². The van der Waals surface area contributed by atoms with E-state index in [9.17, 15) is 24.0 Å². The zero-order chi connectivity index (χ0) is 42.9. The largest absolute Gasteiger partial charge is 0.496 e. The molecular weight excluding hydrogens is 743 g/mol. The highest BCUT2D eigenvalue weighted by molar-refractivity contribution is 5.93. The second kappa shape index (κ2) is 19.8. The molecule has 2 fully saturated rings. The summed E-state index contributed by atoms with van der Waals surface area (Å²) < 4.78 is 29.2. The van der Waals surface area contributed by atoms with Gasteiger partial charge in [0.1, 0.15) is 30.1 Å². The smallest absolute Gasteiger partial charge is 0.303 e. The molecule has 0 radical (unpaired) electrons. The molecule has 2 aliphatic heterocycles. The Bertz CT molecular complexity index is 1850. The van der Waals surface area contributed by atoms with Crippen LogP contribution in [0.3, 0.4) is 0 Å². The molecule has 2 aromatic carbocycles. The predicted molar refractivity (Wildman–Crippen MR) is 220 cm³/mol. The topological polar surface area (TPSA) is 159 Å². The zero-order valence-electron chi connectivity index (χ0n) is 36.1. The van der Waals surface area contributed by atoms with Crippen molar-refractivity contribution in [2.75, 3.05) is 39.9 Å². The van der Waals surface area contributed by atoms with Crippen LogP contribution in [0.5, 0.6) is 5.75 Å². The van der Waals surface area contributed by atoms with E-state index in [4.69, 9.17) is 23.7 Å². The molecule has 4 rings (SSSR count). The van der Waals surface area contributed by atoms with Gasteiger partial charge in [0, 0.05) is 58.9 Å². The maximum absolute atomic E-state index is 13.5. The number of hydrogen-bond acceptors (Lipinski definition) is 11. The van der Waals surface area contributed by atoms with E-state index in [2.05, 4.69) is 36.6 Å².